The van der Waals surface area contributed by atoms with Crippen molar-refractivity contribution in [3.8, 4) is 11.3 Å². The van der Waals surface area contributed by atoms with Crippen molar-refractivity contribution in [3.05, 3.63) is 54.2 Å². The van der Waals surface area contributed by atoms with Crippen molar-refractivity contribution in [2.75, 3.05) is 23.3 Å². The third-order valence-electron chi connectivity index (χ3n) is 4.82. The zero-order valence-electron chi connectivity index (χ0n) is 15.6. The van der Waals surface area contributed by atoms with Crippen LogP contribution in [0.4, 0.5) is 11.9 Å². The molecule has 1 saturated heterocycles. The second-order valence-corrected chi connectivity index (χ2v) is 6.81. The molecular weight excluding hydrogens is 338 g/mol. The minimum atomic E-state index is 0.371. The molecule has 0 radical (unpaired) electrons. The Morgan fingerprint density at radius 3 is 2.44 bits per heavy atom. The first-order valence-electron chi connectivity index (χ1n) is 9.25. The Morgan fingerprint density at radius 2 is 1.70 bits per heavy atom. The van der Waals surface area contributed by atoms with Crippen LogP contribution >= 0.6 is 0 Å². The van der Waals surface area contributed by atoms with Crippen molar-refractivity contribution in [1.29, 1.82) is 0 Å². The summed E-state index contributed by atoms with van der Waals surface area (Å²) in [7, 11) is 0. The molecule has 0 amide bonds. The Kier molecular flexibility index (Phi) is 4.91. The van der Waals surface area contributed by atoms with Crippen LogP contribution in [-0.4, -0.2) is 44.1 Å². The minimum absolute atomic E-state index is 0.371. The number of hydrogen-bond donors (Lipinski definition) is 1. The van der Waals surface area contributed by atoms with Crippen LogP contribution in [0.15, 0.2) is 42.9 Å². The first-order valence-corrected chi connectivity index (χ1v) is 9.25. The fraction of sp³-hybridized carbons (Fsp3) is 0.350. The molecule has 4 heterocycles. The van der Waals surface area contributed by atoms with E-state index in [1.165, 1.54) is 0 Å². The molecule has 0 aliphatic carbocycles. The van der Waals surface area contributed by atoms with Gasteiger partial charge < -0.3 is 10.2 Å². The molecule has 0 spiro atoms. The van der Waals surface area contributed by atoms with E-state index in [1.807, 2.05) is 38.2 Å². The van der Waals surface area contributed by atoms with Crippen LogP contribution in [0.25, 0.3) is 11.3 Å². The molecule has 0 unspecified atom stereocenters. The lowest BCUT2D eigenvalue weighted by atomic mass is 10.1. The Labute approximate surface area is 159 Å². The summed E-state index contributed by atoms with van der Waals surface area (Å²) < 4.78 is 0. The van der Waals surface area contributed by atoms with Crippen LogP contribution in [0.3, 0.4) is 0 Å². The summed E-state index contributed by atoms with van der Waals surface area (Å²) in [4.78, 5) is 24.6. The normalized spacial score (nSPS) is 15.0. The number of aryl methyl sites for hydroxylation is 2. The summed E-state index contributed by atoms with van der Waals surface area (Å²) in [6.07, 6.45) is 7.34. The summed E-state index contributed by atoms with van der Waals surface area (Å²) in [5.41, 5.74) is 3.98. The first kappa shape index (κ1) is 17.3. The molecule has 7 heteroatoms. The number of anilines is 2. The molecule has 0 saturated carbocycles. The Bertz CT molecular complexity index is 905. The molecule has 1 aliphatic heterocycles. The molecule has 7 nitrogen and oxygen atoms in total. The van der Waals surface area contributed by atoms with Crippen molar-refractivity contribution in [3.63, 3.8) is 0 Å². The highest BCUT2D eigenvalue weighted by Crippen LogP contribution is 2.24. The summed E-state index contributed by atoms with van der Waals surface area (Å²) in [5.74, 6) is 1.47. The van der Waals surface area contributed by atoms with E-state index in [0.717, 1.165) is 54.5 Å². The highest BCUT2D eigenvalue weighted by atomic mass is 15.3. The molecular formula is C20H23N7. The topological polar surface area (TPSA) is 79.7 Å². The van der Waals surface area contributed by atoms with Gasteiger partial charge in [-0.15, -0.1) is 0 Å². The molecule has 3 aromatic heterocycles. The van der Waals surface area contributed by atoms with Crippen molar-refractivity contribution in [2.45, 2.75) is 32.7 Å². The van der Waals surface area contributed by atoms with E-state index in [4.69, 9.17) is 4.98 Å². The fourth-order valence-electron chi connectivity index (χ4n) is 3.39. The highest BCUT2D eigenvalue weighted by Gasteiger charge is 2.22. The number of hydrogen-bond acceptors (Lipinski definition) is 7. The zero-order valence-corrected chi connectivity index (χ0v) is 15.6. The molecule has 1 N–H and O–H groups in total. The van der Waals surface area contributed by atoms with Crippen LogP contribution in [0.5, 0.6) is 0 Å². The smallest absolute Gasteiger partial charge is 0.225 e. The van der Waals surface area contributed by atoms with E-state index >= 15 is 0 Å². The van der Waals surface area contributed by atoms with Gasteiger partial charge in [-0.3, -0.25) is 4.98 Å². The molecule has 138 valence electrons. The third kappa shape index (κ3) is 4.02. The number of nitrogens with zero attached hydrogens (tertiary/aromatic N) is 6. The number of piperidine rings is 1. The highest BCUT2D eigenvalue weighted by molar-refractivity contribution is 5.62. The number of aromatic nitrogens is 5. The Hall–Kier alpha value is -3.09. The maximum atomic E-state index is 4.80. The van der Waals surface area contributed by atoms with E-state index in [0.29, 0.717) is 12.0 Å². The van der Waals surface area contributed by atoms with Crippen LogP contribution in [0, 0.1) is 13.8 Å². The molecule has 1 aliphatic rings. The number of pyridine rings is 1. The van der Waals surface area contributed by atoms with Gasteiger partial charge in [-0.1, -0.05) is 0 Å². The van der Waals surface area contributed by atoms with Gasteiger partial charge in [0.25, 0.3) is 0 Å². The fourth-order valence-corrected chi connectivity index (χ4v) is 3.39. The summed E-state index contributed by atoms with van der Waals surface area (Å²) >= 11 is 0. The van der Waals surface area contributed by atoms with Gasteiger partial charge in [0.05, 0.1) is 5.69 Å². The van der Waals surface area contributed by atoms with Crippen LogP contribution in [0.2, 0.25) is 0 Å². The molecule has 1 fully saturated rings. The summed E-state index contributed by atoms with van der Waals surface area (Å²) in [5, 5.41) is 3.40. The maximum Gasteiger partial charge on any atom is 0.225 e. The van der Waals surface area contributed by atoms with Gasteiger partial charge in [0.1, 0.15) is 0 Å². The van der Waals surface area contributed by atoms with E-state index in [-0.39, 0.29) is 0 Å². The van der Waals surface area contributed by atoms with Crippen molar-refractivity contribution < 1.29 is 0 Å². The van der Waals surface area contributed by atoms with Gasteiger partial charge in [-0.25, -0.2) is 19.9 Å². The van der Waals surface area contributed by atoms with Crippen molar-refractivity contribution in [2.24, 2.45) is 0 Å². The van der Waals surface area contributed by atoms with Gasteiger partial charge in [0.2, 0.25) is 11.9 Å². The molecule has 0 atom stereocenters. The predicted octanol–water partition coefficient (Wildman–Crippen LogP) is 3.03. The van der Waals surface area contributed by atoms with Gasteiger partial charge in [0.15, 0.2) is 0 Å². The van der Waals surface area contributed by atoms with Gasteiger partial charge >= 0.3 is 0 Å². The number of nitrogens with one attached hydrogen (secondary N) is 1. The van der Waals surface area contributed by atoms with Crippen LogP contribution < -0.4 is 10.2 Å². The summed E-state index contributed by atoms with van der Waals surface area (Å²) in [6.45, 7) is 5.83. The van der Waals surface area contributed by atoms with E-state index in [2.05, 4.69) is 36.2 Å². The average Bonchev–Trinajstić information content (AvgIpc) is 2.69. The standard InChI is InChI=1S/C20H23N7/c1-14-4-5-17(15(2)24-14)18-6-11-23-20(26-18)27-12-7-16(8-13-27)25-19-21-9-3-10-22-19/h3-6,9-11,16H,7-8,12-13H2,1-2H3,(H,21,22,25). The van der Waals surface area contributed by atoms with E-state index in [1.54, 1.807) is 12.4 Å². The first-order chi connectivity index (χ1) is 13.2. The molecule has 0 bridgehead atoms. The Balaban J connectivity index is 1.44. The van der Waals surface area contributed by atoms with Gasteiger partial charge in [-0.2, -0.15) is 0 Å². The van der Waals surface area contributed by atoms with Crippen molar-refractivity contribution >= 4 is 11.9 Å². The molecule has 4 rings (SSSR count). The van der Waals surface area contributed by atoms with E-state index in [9.17, 15) is 0 Å². The molecule has 3 aromatic rings. The predicted molar refractivity (Wildman–Crippen MR) is 106 cm³/mol. The van der Waals surface area contributed by atoms with E-state index < -0.39 is 0 Å². The molecule has 27 heavy (non-hydrogen) atoms. The lowest BCUT2D eigenvalue weighted by Gasteiger charge is -2.32. The minimum Gasteiger partial charge on any atom is -0.351 e. The van der Waals surface area contributed by atoms with Crippen LogP contribution in [0.1, 0.15) is 24.2 Å². The SMILES string of the molecule is Cc1ccc(-c2ccnc(N3CCC(Nc4ncccn4)CC3)n2)c(C)n1. The zero-order chi connectivity index (χ0) is 18.6. The second kappa shape index (κ2) is 7.65. The average molecular weight is 361 g/mol. The van der Waals surface area contributed by atoms with Gasteiger partial charge in [0, 0.05) is 54.7 Å². The summed E-state index contributed by atoms with van der Waals surface area (Å²) in [6, 6.07) is 8.25. The number of rotatable bonds is 4. The maximum absolute atomic E-state index is 4.80. The quantitative estimate of drug-likeness (QED) is 0.765. The van der Waals surface area contributed by atoms with Gasteiger partial charge in [-0.05, 0) is 51.0 Å². The third-order valence-corrected chi connectivity index (χ3v) is 4.82. The lowest BCUT2D eigenvalue weighted by Crippen LogP contribution is -2.40. The Morgan fingerprint density at radius 1 is 0.926 bits per heavy atom. The second-order valence-electron chi connectivity index (χ2n) is 6.81. The lowest BCUT2D eigenvalue weighted by molar-refractivity contribution is 0.517. The van der Waals surface area contributed by atoms with Crippen molar-refractivity contribution in [1.82, 2.24) is 24.9 Å². The largest absolute Gasteiger partial charge is 0.351 e. The monoisotopic (exact) mass is 361 g/mol. The molecule has 0 aromatic carbocycles. The van der Waals surface area contributed by atoms with Crippen LogP contribution in [-0.2, 0) is 0 Å².